The summed E-state index contributed by atoms with van der Waals surface area (Å²) in [6.07, 6.45) is 1.35. The lowest BCUT2D eigenvalue weighted by Crippen LogP contribution is -2.43. The molecule has 0 saturated carbocycles. The predicted molar refractivity (Wildman–Crippen MR) is 167 cm³/mol. The van der Waals surface area contributed by atoms with Crippen LogP contribution in [-0.4, -0.2) is 50.8 Å². The average molecular weight is 639 g/mol. The average Bonchev–Trinajstić information content (AvgIpc) is 3.44. The number of anilines is 1. The zero-order chi connectivity index (χ0) is 31.5. The van der Waals surface area contributed by atoms with Gasteiger partial charge in [0.15, 0.2) is 0 Å². The largest absolute Gasteiger partial charge is 0.481 e. The Labute approximate surface area is 262 Å². The second-order valence-corrected chi connectivity index (χ2v) is 11.0. The number of carbonyl (C=O) groups is 2. The van der Waals surface area contributed by atoms with Crippen LogP contribution < -0.4 is 31.9 Å². The second-order valence-electron chi connectivity index (χ2n) is 10.2. The molecule has 1 fully saturated rings. The molecule has 1 aliphatic rings. The van der Waals surface area contributed by atoms with Gasteiger partial charge in [-0.25, -0.2) is 14.5 Å². The summed E-state index contributed by atoms with van der Waals surface area (Å²) in [5, 5.41) is 13.3. The van der Waals surface area contributed by atoms with Gasteiger partial charge in [0.25, 0.3) is 11.5 Å². The van der Waals surface area contributed by atoms with Crippen LogP contribution in [0.25, 0.3) is 22.4 Å². The summed E-state index contributed by atoms with van der Waals surface area (Å²) in [6, 6.07) is 14.3. The van der Waals surface area contributed by atoms with Crippen molar-refractivity contribution >= 4 is 40.7 Å². The summed E-state index contributed by atoms with van der Waals surface area (Å²) in [5.74, 6) is -0.310. The number of nitrogens with zero attached hydrogens (tertiary/aromatic N) is 4. The van der Waals surface area contributed by atoms with Gasteiger partial charge in [0.1, 0.15) is 0 Å². The number of hydrogen-bond acceptors (Lipinski definition) is 8. The topological polar surface area (TPSA) is 149 Å². The van der Waals surface area contributed by atoms with Crippen LogP contribution in [0.5, 0.6) is 5.88 Å². The number of hydrogen-bond donors (Lipinski definition) is 3. The lowest BCUT2D eigenvalue weighted by atomic mass is 10.00. The minimum absolute atomic E-state index is 0.0722. The second kappa shape index (κ2) is 13.0. The zero-order valence-electron chi connectivity index (χ0n) is 24.1. The first-order valence-electron chi connectivity index (χ1n) is 13.7. The molecule has 0 aliphatic carbocycles. The zero-order valence-corrected chi connectivity index (χ0v) is 25.6. The van der Waals surface area contributed by atoms with E-state index in [-0.39, 0.29) is 22.7 Å². The molecule has 0 spiro atoms. The highest BCUT2D eigenvalue weighted by Gasteiger charge is 2.22. The first-order valence-corrected chi connectivity index (χ1v) is 14.4. The Balaban J connectivity index is 1.40. The van der Waals surface area contributed by atoms with Crippen molar-refractivity contribution in [2.45, 2.75) is 25.4 Å². The van der Waals surface area contributed by atoms with E-state index >= 15 is 0 Å². The van der Waals surface area contributed by atoms with Crippen LogP contribution in [0.2, 0.25) is 10.0 Å². The molecule has 0 radical (unpaired) electrons. The van der Waals surface area contributed by atoms with Gasteiger partial charge in [-0.3, -0.25) is 19.0 Å². The molecule has 1 aliphatic heterocycles. The Bertz CT molecular complexity index is 1890. The number of aromatic nitrogens is 4. The number of pyridine rings is 1. The molecule has 12 nitrogen and oxygen atoms in total. The molecule has 1 saturated heterocycles. The van der Waals surface area contributed by atoms with Crippen molar-refractivity contribution in [3.8, 4) is 28.3 Å². The van der Waals surface area contributed by atoms with Gasteiger partial charge in [-0.05, 0) is 18.6 Å². The molecule has 228 valence electrons. The van der Waals surface area contributed by atoms with Gasteiger partial charge in [-0.2, -0.15) is 5.10 Å². The number of benzene rings is 2. The molecular formula is C30H29Cl2N7O5. The van der Waals surface area contributed by atoms with Crippen LogP contribution in [0.3, 0.4) is 0 Å². The van der Waals surface area contributed by atoms with E-state index in [0.29, 0.717) is 52.8 Å². The van der Waals surface area contributed by atoms with Crippen LogP contribution in [0.1, 0.15) is 28.9 Å². The number of nitrogens with one attached hydrogen (secondary N) is 3. The fourth-order valence-corrected chi connectivity index (χ4v) is 5.54. The van der Waals surface area contributed by atoms with Gasteiger partial charge < -0.3 is 20.7 Å². The van der Waals surface area contributed by atoms with E-state index in [2.05, 4.69) is 21.0 Å². The molecule has 44 heavy (non-hydrogen) atoms. The maximum atomic E-state index is 13.0. The Morgan fingerprint density at radius 3 is 2.43 bits per heavy atom. The Hall–Kier alpha value is -4.52. The van der Waals surface area contributed by atoms with Gasteiger partial charge in [-0.1, -0.05) is 59.6 Å². The minimum Gasteiger partial charge on any atom is -0.481 e. The lowest BCUT2D eigenvalue weighted by Gasteiger charge is -2.16. The lowest BCUT2D eigenvalue weighted by molar-refractivity contribution is -0.119. The molecule has 1 atom stereocenters. The van der Waals surface area contributed by atoms with Crippen molar-refractivity contribution < 1.29 is 14.3 Å². The number of methoxy groups -OCH3 is 1. The highest BCUT2D eigenvalue weighted by Crippen LogP contribution is 2.41. The molecule has 3 heterocycles. The van der Waals surface area contributed by atoms with E-state index in [1.807, 2.05) is 24.3 Å². The van der Waals surface area contributed by atoms with E-state index in [4.69, 9.17) is 32.9 Å². The van der Waals surface area contributed by atoms with Crippen LogP contribution in [0, 0.1) is 0 Å². The quantitative estimate of drug-likeness (QED) is 0.253. The normalized spacial score (nSPS) is 14.4. The van der Waals surface area contributed by atoms with Crippen molar-refractivity contribution in [2.24, 2.45) is 14.1 Å². The van der Waals surface area contributed by atoms with Crippen LogP contribution >= 0.6 is 23.2 Å². The van der Waals surface area contributed by atoms with E-state index < -0.39 is 22.9 Å². The highest BCUT2D eigenvalue weighted by molar-refractivity contribution is 6.39. The number of amides is 2. The molecule has 2 aromatic carbocycles. The number of aryl methyl sites for hydroxylation is 1. The summed E-state index contributed by atoms with van der Waals surface area (Å²) < 4.78 is 7.27. The maximum absolute atomic E-state index is 13.0. The third-order valence-corrected chi connectivity index (χ3v) is 8.09. The van der Waals surface area contributed by atoms with Gasteiger partial charge >= 0.3 is 5.69 Å². The van der Waals surface area contributed by atoms with E-state index in [9.17, 15) is 19.2 Å². The Morgan fingerprint density at radius 2 is 1.73 bits per heavy atom. The van der Waals surface area contributed by atoms with Crippen molar-refractivity contribution in [1.82, 2.24) is 30.0 Å². The molecule has 3 N–H and O–H groups in total. The number of rotatable bonds is 9. The standard InChI is InChI=1S/C30H29Cl2N7O5/c1-38-29(42)26(37-39(2)30(38)43)27(41)35-22-9-5-7-19(25(22)32)18-6-4-8-20(24(18)31)21-12-10-16(28(36-21)44-3)14-33-15-17-11-13-23(40)34-17/h4-10,12,17,33H,11,13-15H2,1-3H3,(H,34,40)(H,35,41)/t17-/m0/s1. The monoisotopic (exact) mass is 637 g/mol. The number of ether oxygens (including phenoxy) is 1. The summed E-state index contributed by atoms with van der Waals surface area (Å²) in [4.78, 5) is 53.6. The molecular weight excluding hydrogens is 609 g/mol. The predicted octanol–water partition coefficient (Wildman–Crippen LogP) is 3.14. The first kappa shape index (κ1) is 30.9. The number of carbonyl (C=O) groups excluding carboxylic acids is 2. The van der Waals surface area contributed by atoms with Gasteiger partial charge in [0.05, 0.1) is 28.5 Å². The van der Waals surface area contributed by atoms with E-state index in [0.717, 1.165) is 21.2 Å². The van der Waals surface area contributed by atoms with Crippen molar-refractivity contribution in [3.05, 3.63) is 90.7 Å². The third-order valence-electron chi connectivity index (χ3n) is 7.27. The molecule has 2 aromatic heterocycles. The maximum Gasteiger partial charge on any atom is 0.346 e. The third kappa shape index (κ3) is 6.23. The Morgan fingerprint density at radius 1 is 1.02 bits per heavy atom. The van der Waals surface area contributed by atoms with E-state index in [1.165, 1.54) is 14.1 Å². The highest BCUT2D eigenvalue weighted by atomic mass is 35.5. The van der Waals surface area contributed by atoms with Gasteiger partial charge in [0, 0.05) is 61.9 Å². The molecule has 0 bridgehead atoms. The van der Waals surface area contributed by atoms with Crippen LogP contribution in [0.15, 0.2) is 58.1 Å². The van der Waals surface area contributed by atoms with Gasteiger partial charge in [-0.15, -0.1) is 0 Å². The molecule has 14 heteroatoms. The van der Waals surface area contributed by atoms with Crippen molar-refractivity contribution in [2.75, 3.05) is 19.0 Å². The molecule has 4 aromatic rings. The first-order chi connectivity index (χ1) is 21.1. The molecule has 2 amide bonds. The fourth-order valence-electron chi connectivity index (χ4n) is 4.94. The van der Waals surface area contributed by atoms with Crippen LogP contribution in [-0.2, 0) is 25.4 Å². The summed E-state index contributed by atoms with van der Waals surface area (Å²) in [5.41, 5.74) is 1.47. The molecule has 5 rings (SSSR count). The van der Waals surface area contributed by atoms with Gasteiger partial charge in [0.2, 0.25) is 17.5 Å². The summed E-state index contributed by atoms with van der Waals surface area (Å²) in [7, 11) is 4.15. The SMILES string of the molecule is COc1nc(-c2cccc(-c3cccc(NC(=O)c4nn(C)c(=O)n(C)c4=O)c3Cl)c2Cl)ccc1CNC[C@@H]1CCC(=O)N1. The minimum atomic E-state index is -0.833. The summed E-state index contributed by atoms with van der Waals surface area (Å²) in [6.45, 7) is 1.15. The van der Waals surface area contributed by atoms with Crippen molar-refractivity contribution in [1.29, 1.82) is 0 Å². The van der Waals surface area contributed by atoms with Crippen molar-refractivity contribution in [3.63, 3.8) is 0 Å². The molecule has 0 unspecified atom stereocenters. The summed E-state index contributed by atoms with van der Waals surface area (Å²) >= 11 is 13.7. The fraction of sp³-hybridized carbons (Fsp3) is 0.267. The van der Waals surface area contributed by atoms with Crippen LogP contribution in [0.4, 0.5) is 5.69 Å². The van der Waals surface area contributed by atoms with E-state index in [1.54, 1.807) is 31.4 Å². The number of halogens is 2. The smallest absolute Gasteiger partial charge is 0.346 e. The Kier molecular flexibility index (Phi) is 9.14.